The summed E-state index contributed by atoms with van der Waals surface area (Å²) in [5.74, 6) is -1.08. The molecular weight excluding hydrogens is 570 g/mol. The van der Waals surface area contributed by atoms with Crippen LogP contribution in [0.2, 0.25) is 0 Å². The third-order valence-electron chi connectivity index (χ3n) is 7.24. The summed E-state index contributed by atoms with van der Waals surface area (Å²) < 4.78 is 43.6. The van der Waals surface area contributed by atoms with E-state index in [4.69, 9.17) is 13.7 Å². The molecule has 2 aromatic carbocycles. The molecule has 0 aromatic heterocycles. The molecule has 0 aliphatic carbocycles. The number of nitrogens with one attached hydrogen (secondary N) is 1. The summed E-state index contributed by atoms with van der Waals surface area (Å²) >= 11 is 0. The molecule has 9 nitrogen and oxygen atoms in total. The second-order valence-electron chi connectivity index (χ2n) is 13.7. The highest BCUT2D eigenvalue weighted by atomic mass is 32.2. The Bertz CT molecular complexity index is 1400. The van der Waals surface area contributed by atoms with E-state index < -0.39 is 56.7 Å². The monoisotopic (exact) mass is 617 g/mol. The highest BCUT2D eigenvalue weighted by Crippen LogP contribution is 2.39. The predicted molar refractivity (Wildman–Crippen MR) is 166 cm³/mol. The van der Waals surface area contributed by atoms with Crippen LogP contribution >= 0.6 is 0 Å². The number of carbonyl (C=O) groups is 3. The number of hydrogen-bond donors (Lipinski definition) is 1. The third kappa shape index (κ3) is 9.71. The van der Waals surface area contributed by atoms with Gasteiger partial charge in [-0.25, -0.2) is 0 Å². The largest absolute Gasteiger partial charge is 0.379 e. The van der Waals surface area contributed by atoms with Gasteiger partial charge in [-0.15, -0.1) is 0 Å². The Labute approximate surface area is 256 Å². The van der Waals surface area contributed by atoms with E-state index in [0.29, 0.717) is 0 Å². The van der Waals surface area contributed by atoms with Crippen molar-refractivity contribution < 1.29 is 36.5 Å². The molecule has 2 rings (SSSR count). The minimum Gasteiger partial charge on any atom is -0.379 e. The van der Waals surface area contributed by atoms with Gasteiger partial charge in [0, 0.05) is 5.41 Å². The fourth-order valence-corrected chi connectivity index (χ4v) is 5.46. The molecule has 1 N–H and O–H groups in total. The van der Waals surface area contributed by atoms with E-state index in [1.165, 1.54) is 30.3 Å². The molecule has 0 spiro atoms. The number of Topliss-reactive ketones (excluding diaryl/α,β-unsaturated/α-hetero) is 2. The van der Waals surface area contributed by atoms with Crippen LogP contribution in [0.4, 0.5) is 5.69 Å². The number of ether oxygens (including phenoxy) is 2. The van der Waals surface area contributed by atoms with Crippen molar-refractivity contribution in [2.24, 2.45) is 10.8 Å². The SMILES string of the molecule is CC(OC(C)(C)C)C(=O)C(C)(C)C(C)(C)OC(CC(=O)Nc1ccccc1S(=O)(=O)Oc1ccccc1)C(=O)C(C)(C)C. The van der Waals surface area contributed by atoms with Crippen molar-refractivity contribution in [3.05, 3.63) is 54.6 Å². The van der Waals surface area contributed by atoms with Gasteiger partial charge in [0.25, 0.3) is 0 Å². The van der Waals surface area contributed by atoms with Gasteiger partial charge < -0.3 is 19.0 Å². The van der Waals surface area contributed by atoms with Crippen molar-refractivity contribution in [2.75, 3.05) is 5.32 Å². The Kier molecular flexibility index (Phi) is 11.2. The van der Waals surface area contributed by atoms with E-state index in [9.17, 15) is 22.8 Å². The van der Waals surface area contributed by atoms with Gasteiger partial charge in [-0.3, -0.25) is 14.4 Å². The summed E-state index contributed by atoms with van der Waals surface area (Å²) in [7, 11) is -4.30. The standard InChI is InChI=1S/C33H47NO8S/c1-22(40-31(5,6)7)28(36)32(8,9)33(10,11)41-25(29(37)30(2,3)4)21-27(35)34-24-19-15-16-20-26(24)43(38,39)42-23-17-13-12-14-18-23/h12-20,22,25H,21H2,1-11H3,(H,34,35). The maximum absolute atomic E-state index is 13.5. The molecule has 1 amide bonds. The van der Waals surface area contributed by atoms with Crippen molar-refractivity contribution in [2.45, 2.75) is 111 Å². The number of carbonyl (C=O) groups excluding carboxylic acids is 3. The van der Waals surface area contributed by atoms with Crippen molar-refractivity contribution in [1.29, 1.82) is 0 Å². The van der Waals surface area contributed by atoms with Gasteiger partial charge >= 0.3 is 10.1 Å². The number of para-hydroxylation sites is 2. The quantitative estimate of drug-likeness (QED) is 0.258. The molecule has 2 unspecified atom stereocenters. The average molecular weight is 618 g/mol. The maximum atomic E-state index is 13.5. The van der Waals surface area contributed by atoms with Gasteiger partial charge in [-0.05, 0) is 65.8 Å². The van der Waals surface area contributed by atoms with E-state index in [2.05, 4.69) is 5.32 Å². The first-order chi connectivity index (χ1) is 19.5. The van der Waals surface area contributed by atoms with Crippen LogP contribution in [0.1, 0.15) is 82.6 Å². The second kappa shape index (κ2) is 13.3. The molecule has 0 saturated carbocycles. The Hall–Kier alpha value is -3.08. The molecule has 0 saturated heterocycles. The lowest BCUT2D eigenvalue weighted by Crippen LogP contribution is -2.54. The summed E-state index contributed by atoms with van der Waals surface area (Å²) in [5, 5.41) is 2.61. The zero-order chi connectivity index (χ0) is 33.0. The van der Waals surface area contributed by atoms with E-state index in [1.807, 2.05) is 20.8 Å². The smallest absolute Gasteiger partial charge is 0.341 e. The van der Waals surface area contributed by atoms with Crippen molar-refractivity contribution in [1.82, 2.24) is 0 Å². The van der Waals surface area contributed by atoms with Gasteiger partial charge in [0.2, 0.25) is 5.91 Å². The minimum atomic E-state index is -4.30. The zero-order valence-electron chi connectivity index (χ0n) is 27.2. The molecule has 0 bridgehead atoms. The second-order valence-corrected chi connectivity index (χ2v) is 15.2. The van der Waals surface area contributed by atoms with Crippen LogP contribution in [0.15, 0.2) is 59.5 Å². The molecular formula is C33H47NO8S. The van der Waals surface area contributed by atoms with Crippen LogP contribution in [0.5, 0.6) is 5.75 Å². The van der Waals surface area contributed by atoms with Crippen molar-refractivity contribution >= 4 is 33.3 Å². The highest BCUT2D eigenvalue weighted by molar-refractivity contribution is 7.87. The first-order valence-corrected chi connectivity index (χ1v) is 15.7. The third-order valence-corrected chi connectivity index (χ3v) is 8.55. The topological polar surface area (TPSA) is 125 Å². The summed E-state index contributed by atoms with van der Waals surface area (Å²) in [6.07, 6.45) is -2.38. The van der Waals surface area contributed by atoms with Gasteiger partial charge in [-0.1, -0.05) is 65.0 Å². The molecule has 43 heavy (non-hydrogen) atoms. The number of amides is 1. The molecule has 0 heterocycles. The number of anilines is 1. The normalized spacial score (nSPS) is 14.5. The predicted octanol–water partition coefficient (Wildman–Crippen LogP) is 6.36. The van der Waals surface area contributed by atoms with Crippen LogP contribution in [-0.2, 0) is 34.0 Å². The summed E-state index contributed by atoms with van der Waals surface area (Å²) in [5.41, 5.74) is -3.73. The van der Waals surface area contributed by atoms with Crippen LogP contribution in [0, 0.1) is 10.8 Å². The van der Waals surface area contributed by atoms with E-state index >= 15 is 0 Å². The fourth-order valence-electron chi connectivity index (χ4n) is 4.37. The summed E-state index contributed by atoms with van der Waals surface area (Å²) in [4.78, 5) is 40.2. The Morgan fingerprint density at radius 3 is 1.84 bits per heavy atom. The van der Waals surface area contributed by atoms with Gasteiger partial charge in [0.05, 0.1) is 28.7 Å². The van der Waals surface area contributed by atoms with E-state index in [-0.39, 0.29) is 27.9 Å². The average Bonchev–Trinajstić information content (AvgIpc) is 2.86. The molecule has 10 heteroatoms. The van der Waals surface area contributed by atoms with Gasteiger partial charge in [0.15, 0.2) is 11.6 Å². The van der Waals surface area contributed by atoms with Crippen LogP contribution < -0.4 is 9.50 Å². The molecule has 0 radical (unpaired) electrons. The molecule has 2 atom stereocenters. The lowest BCUT2D eigenvalue weighted by atomic mass is 9.71. The van der Waals surface area contributed by atoms with Gasteiger partial charge in [-0.2, -0.15) is 8.42 Å². The summed E-state index contributed by atoms with van der Waals surface area (Å²) in [6.45, 7) is 19.3. The highest BCUT2D eigenvalue weighted by Gasteiger charge is 2.49. The Morgan fingerprint density at radius 2 is 1.30 bits per heavy atom. The number of rotatable bonds is 13. The lowest BCUT2D eigenvalue weighted by Gasteiger charge is -2.44. The lowest BCUT2D eigenvalue weighted by molar-refractivity contribution is -0.181. The first kappa shape index (κ1) is 36.1. The van der Waals surface area contributed by atoms with Crippen LogP contribution in [0.25, 0.3) is 0 Å². The Balaban J connectivity index is 2.34. The molecule has 2 aromatic rings. The Morgan fingerprint density at radius 1 is 0.767 bits per heavy atom. The fraction of sp³-hybridized carbons (Fsp3) is 0.545. The summed E-state index contributed by atoms with van der Waals surface area (Å²) in [6, 6.07) is 13.8. The van der Waals surface area contributed by atoms with E-state index in [0.717, 1.165) is 0 Å². The minimum absolute atomic E-state index is 0.00619. The molecule has 0 aliphatic rings. The maximum Gasteiger partial charge on any atom is 0.341 e. The number of hydrogen-bond acceptors (Lipinski definition) is 8. The van der Waals surface area contributed by atoms with Crippen LogP contribution in [-0.4, -0.2) is 49.3 Å². The van der Waals surface area contributed by atoms with Crippen molar-refractivity contribution in [3.8, 4) is 5.75 Å². The zero-order valence-corrected chi connectivity index (χ0v) is 28.0. The van der Waals surface area contributed by atoms with E-state index in [1.54, 1.807) is 79.7 Å². The molecule has 0 aliphatic heterocycles. The number of ketones is 2. The first-order valence-electron chi connectivity index (χ1n) is 14.3. The van der Waals surface area contributed by atoms with Crippen LogP contribution in [0.3, 0.4) is 0 Å². The van der Waals surface area contributed by atoms with Gasteiger partial charge in [0.1, 0.15) is 22.9 Å². The number of benzene rings is 2. The molecule has 0 fully saturated rings. The molecule has 238 valence electrons. The van der Waals surface area contributed by atoms with Crippen molar-refractivity contribution in [3.63, 3.8) is 0 Å².